The van der Waals surface area contributed by atoms with Gasteiger partial charge in [-0.2, -0.15) is 0 Å². The lowest BCUT2D eigenvalue weighted by molar-refractivity contribution is -0.130. The maximum Gasteiger partial charge on any atom is 0.227 e. The number of carbonyl (C=O) groups excluding carboxylic acids is 1. The van der Waals surface area contributed by atoms with Crippen molar-refractivity contribution in [3.8, 4) is 17.2 Å². The molecule has 9 heteroatoms. The van der Waals surface area contributed by atoms with Crippen LogP contribution in [0.3, 0.4) is 0 Å². The van der Waals surface area contributed by atoms with Crippen LogP contribution in [0, 0.1) is 0 Å². The fraction of sp³-hybridized carbons (Fsp3) is 0.458. The van der Waals surface area contributed by atoms with E-state index in [4.69, 9.17) is 18.4 Å². The van der Waals surface area contributed by atoms with Crippen LogP contribution in [-0.2, 0) is 16.0 Å². The highest BCUT2D eigenvalue weighted by Gasteiger charge is 2.22. The Balaban J connectivity index is 1.24. The molecular weight excluding hydrogens is 442 g/mol. The molecule has 0 spiro atoms. The van der Waals surface area contributed by atoms with E-state index in [2.05, 4.69) is 21.3 Å². The van der Waals surface area contributed by atoms with Gasteiger partial charge in [0.2, 0.25) is 5.91 Å². The van der Waals surface area contributed by atoms with Gasteiger partial charge in [0.05, 0.1) is 33.9 Å². The van der Waals surface area contributed by atoms with Gasteiger partial charge in [-0.15, -0.1) is 0 Å². The summed E-state index contributed by atoms with van der Waals surface area (Å²) in [6.45, 7) is 6.26. The van der Waals surface area contributed by atoms with Gasteiger partial charge in [-0.05, 0) is 42.0 Å². The Labute approximate surface area is 199 Å². The molecule has 0 aliphatic carbocycles. The molecular formula is C24H31N3O5S. The van der Waals surface area contributed by atoms with Crippen LogP contribution in [0.25, 0.3) is 0 Å². The molecule has 0 unspecified atom stereocenters. The van der Waals surface area contributed by atoms with E-state index in [1.54, 1.807) is 14.2 Å². The van der Waals surface area contributed by atoms with Gasteiger partial charge in [-0.1, -0.05) is 6.07 Å². The molecule has 2 saturated heterocycles. The number of anilines is 1. The molecule has 2 aliphatic rings. The van der Waals surface area contributed by atoms with Crippen molar-refractivity contribution in [3.05, 3.63) is 48.0 Å². The first kappa shape index (κ1) is 23.5. The molecule has 8 nitrogen and oxygen atoms in total. The van der Waals surface area contributed by atoms with Crippen LogP contribution in [0.4, 0.5) is 5.69 Å². The maximum atomic E-state index is 12.8. The quantitative estimate of drug-likeness (QED) is 0.429. The van der Waals surface area contributed by atoms with Gasteiger partial charge >= 0.3 is 0 Å². The first-order chi connectivity index (χ1) is 16.2. The molecule has 4 rings (SSSR count). The predicted molar refractivity (Wildman–Crippen MR) is 129 cm³/mol. The van der Waals surface area contributed by atoms with E-state index < -0.39 is 0 Å². The highest BCUT2D eigenvalue weighted by Crippen LogP contribution is 2.28. The van der Waals surface area contributed by atoms with Crippen LogP contribution >= 0.6 is 12.2 Å². The third kappa shape index (κ3) is 6.25. The Morgan fingerprint density at radius 3 is 2.27 bits per heavy atom. The van der Waals surface area contributed by atoms with Gasteiger partial charge in [-0.3, -0.25) is 4.79 Å². The number of carbonyl (C=O) groups is 1. The Kier molecular flexibility index (Phi) is 8.20. The fourth-order valence-electron chi connectivity index (χ4n) is 3.92. The van der Waals surface area contributed by atoms with Crippen LogP contribution in [0.5, 0.6) is 17.2 Å². The van der Waals surface area contributed by atoms with Crippen LogP contribution in [0.2, 0.25) is 0 Å². The Hall–Kier alpha value is -2.62. The Bertz CT molecular complexity index is 913. The third-order valence-electron chi connectivity index (χ3n) is 5.85. The summed E-state index contributed by atoms with van der Waals surface area (Å²) < 4.78 is 24.0. The second-order valence-corrected chi connectivity index (χ2v) is 8.76. The minimum absolute atomic E-state index is 0.130. The lowest BCUT2D eigenvalue weighted by Gasteiger charge is -2.36. The zero-order valence-corrected chi connectivity index (χ0v) is 20.0. The summed E-state index contributed by atoms with van der Waals surface area (Å²) in [5, 5.41) is 0. The number of ether oxygens (including phenoxy) is 3. The minimum Gasteiger partial charge on any atom is -0.493 e. The van der Waals surface area contributed by atoms with Crippen molar-refractivity contribution in [2.75, 3.05) is 71.6 Å². The van der Waals surface area contributed by atoms with E-state index in [1.165, 1.54) is 12.2 Å². The molecule has 2 fully saturated rings. The molecule has 0 saturated carbocycles. The molecule has 2 aromatic carbocycles. The standard InChI is InChI=1S/C24H31N3O5S/c1-29-22-8-3-19(17-23(22)30-2)18-24(28)26-11-9-25(10-12-26)20-4-6-21(7-5-20)32-33-27-13-15-31-16-14-27/h3-8,17H,9-16,18H2,1-2H3. The number of hydrogen-bond acceptors (Lipinski definition) is 8. The van der Waals surface area contributed by atoms with Crippen molar-refractivity contribution in [1.82, 2.24) is 9.21 Å². The molecule has 0 atom stereocenters. The molecule has 33 heavy (non-hydrogen) atoms. The van der Waals surface area contributed by atoms with Crippen molar-refractivity contribution < 1.29 is 23.2 Å². The van der Waals surface area contributed by atoms with Crippen molar-refractivity contribution in [1.29, 1.82) is 0 Å². The number of rotatable bonds is 8. The van der Waals surface area contributed by atoms with Crippen LogP contribution < -0.4 is 18.6 Å². The van der Waals surface area contributed by atoms with Crippen LogP contribution in [-0.4, -0.2) is 81.8 Å². The van der Waals surface area contributed by atoms with E-state index in [9.17, 15) is 4.79 Å². The lowest BCUT2D eigenvalue weighted by atomic mass is 10.1. The molecule has 2 aromatic rings. The summed E-state index contributed by atoms with van der Waals surface area (Å²) in [6, 6.07) is 13.8. The second-order valence-electron chi connectivity index (χ2n) is 7.93. The average molecular weight is 474 g/mol. The average Bonchev–Trinajstić information content (AvgIpc) is 2.88. The van der Waals surface area contributed by atoms with E-state index in [-0.39, 0.29) is 5.91 Å². The third-order valence-corrected chi connectivity index (χ3v) is 6.69. The van der Waals surface area contributed by atoms with Crippen LogP contribution in [0.1, 0.15) is 5.56 Å². The van der Waals surface area contributed by atoms with E-state index >= 15 is 0 Å². The smallest absolute Gasteiger partial charge is 0.227 e. The number of morpholine rings is 1. The summed E-state index contributed by atoms with van der Waals surface area (Å²) >= 11 is 1.38. The van der Waals surface area contributed by atoms with E-state index in [1.807, 2.05) is 35.2 Å². The zero-order chi connectivity index (χ0) is 23.0. The van der Waals surface area contributed by atoms with Crippen molar-refractivity contribution in [2.45, 2.75) is 6.42 Å². The molecule has 0 bridgehead atoms. The number of amides is 1. The van der Waals surface area contributed by atoms with E-state index in [0.717, 1.165) is 56.4 Å². The minimum atomic E-state index is 0.130. The summed E-state index contributed by atoms with van der Waals surface area (Å²) in [5.74, 6) is 2.27. The monoisotopic (exact) mass is 473 g/mol. The van der Waals surface area contributed by atoms with Gasteiger partial charge in [0.15, 0.2) is 11.5 Å². The molecule has 0 N–H and O–H groups in total. The fourth-order valence-corrected chi connectivity index (χ4v) is 4.52. The molecule has 1 amide bonds. The lowest BCUT2D eigenvalue weighted by Crippen LogP contribution is -2.49. The van der Waals surface area contributed by atoms with Crippen molar-refractivity contribution in [3.63, 3.8) is 0 Å². The van der Waals surface area contributed by atoms with Gasteiger partial charge in [0.1, 0.15) is 18.0 Å². The van der Waals surface area contributed by atoms with Gasteiger partial charge in [0, 0.05) is 45.0 Å². The van der Waals surface area contributed by atoms with E-state index in [0.29, 0.717) is 31.0 Å². The summed E-state index contributed by atoms with van der Waals surface area (Å²) in [5.41, 5.74) is 2.07. The molecule has 0 aromatic heterocycles. The van der Waals surface area contributed by atoms with Crippen LogP contribution in [0.15, 0.2) is 42.5 Å². The Morgan fingerprint density at radius 2 is 1.61 bits per heavy atom. The SMILES string of the molecule is COc1ccc(CC(=O)N2CCN(c3ccc(OSN4CCOCC4)cc3)CC2)cc1OC. The highest BCUT2D eigenvalue weighted by atomic mass is 32.2. The normalized spacial score (nSPS) is 17.0. The summed E-state index contributed by atoms with van der Waals surface area (Å²) in [6.07, 6.45) is 0.354. The van der Waals surface area contributed by atoms with Gasteiger partial charge in [-0.25, -0.2) is 4.31 Å². The van der Waals surface area contributed by atoms with Gasteiger partial charge < -0.3 is 28.2 Å². The summed E-state index contributed by atoms with van der Waals surface area (Å²) in [4.78, 5) is 17.1. The zero-order valence-electron chi connectivity index (χ0n) is 19.2. The first-order valence-corrected chi connectivity index (χ1v) is 11.9. The number of hydrogen-bond donors (Lipinski definition) is 0. The number of benzene rings is 2. The Morgan fingerprint density at radius 1 is 0.909 bits per heavy atom. The maximum absolute atomic E-state index is 12.8. The highest BCUT2D eigenvalue weighted by molar-refractivity contribution is 7.92. The predicted octanol–water partition coefficient (Wildman–Crippen LogP) is 2.87. The number of methoxy groups -OCH3 is 2. The van der Waals surface area contributed by atoms with Gasteiger partial charge in [0.25, 0.3) is 0 Å². The second kappa shape index (κ2) is 11.5. The topological polar surface area (TPSA) is 63.7 Å². The summed E-state index contributed by atoms with van der Waals surface area (Å²) in [7, 11) is 3.21. The number of piperazine rings is 1. The van der Waals surface area contributed by atoms with Crippen molar-refractivity contribution >= 4 is 23.8 Å². The number of nitrogens with zero attached hydrogens (tertiary/aromatic N) is 3. The molecule has 0 radical (unpaired) electrons. The largest absolute Gasteiger partial charge is 0.493 e. The molecule has 178 valence electrons. The first-order valence-electron chi connectivity index (χ1n) is 11.2. The molecule has 2 aliphatic heterocycles. The molecule has 2 heterocycles. The van der Waals surface area contributed by atoms with Crippen molar-refractivity contribution in [2.24, 2.45) is 0 Å².